The normalized spacial score (nSPS) is 13.1. The van der Waals surface area contributed by atoms with Crippen LogP contribution in [0.3, 0.4) is 0 Å². The highest BCUT2D eigenvalue weighted by Crippen LogP contribution is 2.26. The number of nitrogens with one attached hydrogen (secondary N) is 1. The van der Waals surface area contributed by atoms with Gasteiger partial charge >= 0.3 is 0 Å². The van der Waals surface area contributed by atoms with E-state index in [9.17, 15) is 9.18 Å². The van der Waals surface area contributed by atoms with Gasteiger partial charge in [0.25, 0.3) is 0 Å². The van der Waals surface area contributed by atoms with Gasteiger partial charge in [-0.05, 0) is 60.2 Å². The van der Waals surface area contributed by atoms with Crippen molar-refractivity contribution in [3.63, 3.8) is 0 Å². The van der Waals surface area contributed by atoms with Crippen molar-refractivity contribution < 1.29 is 9.18 Å². The van der Waals surface area contributed by atoms with E-state index in [1.54, 1.807) is 13.0 Å². The fraction of sp³-hybridized carbons (Fsp3) is 0.208. The van der Waals surface area contributed by atoms with Crippen molar-refractivity contribution in [3.8, 4) is 0 Å². The van der Waals surface area contributed by atoms with Crippen LogP contribution >= 0.6 is 11.6 Å². The second-order valence-corrected chi connectivity index (χ2v) is 7.58. The van der Waals surface area contributed by atoms with E-state index in [2.05, 4.69) is 5.32 Å². The summed E-state index contributed by atoms with van der Waals surface area (Å²) in [7, 11) is 0. The molecule has 150 valence electrons. The molecule has 0 fully saturated rings. The van der Waals surface area contributed by atoms with Gasteiger partial charge in [-0.1, -0.05) is 66.2 Å². The Morgan fingerprint density at radius 1 is 1.03 bits per heavy atom. The lowest BCUT2D eigenvalue weighted by molar-refractivity contribution is -0.120. The van der Waals surface area contributed by atoms with Crippen LogP contribution in [0.15, 0.2) is 72.8 Å². The number of hydrogen-bond donors (Lipinski definition) is 2. The standard InChI is InChI=1S/C24H24ClFN2O/c1-16-15-19(10-13-21(16)26)22(14-9-17-7-11-20(25)12-8-17)28-23(24(27)29)18-5-3-2-4-6-18/h2-8,10-13,15,22-23,28H,9,14H2,1H3,(H2,27,29)/t22-,23-/m1/s1. The zero-order valence-corrected chi connectivity index (χ0v) is 17.0. The summed E-state index contributed by atoms with van der Waals surface area (Å²) in [5, 5.41) is 4.08. The molecule has 0 aromatic heterocycles. The summed E-state index contributed by atoms with van der Waals surface area (Å²) in [6.07, 6.45) is 1.48. The van der Waals surface area contributed by atoms with Gasteiger partial charge in [-0.2, -0.15) is 0 Å². The third-order valence-electron chi connectivity index (χ3n) is 5.00. The Bertz CT molecular complexity index is 960. The van der Waals surface area contributed by atoms with Gasteiger partial charge in [-0.15, -0.1) is 0 Å². The number of benzene rings is 3. The molecule has 0 aliphatic rings. The predicted molar refractivity (Wildman–Crippen MR) is 115 cm³/mol. The summed E-state index contributed by atoms with van der Waals surface area (Å²) in [6.45, 7) is 1.73. The number of amides is 1. The third kappa shape index (κ3) is 5.66. The summed E-state index contributed by atoms with van der Waals surface area (Å²) in [5.74, 6) is -0.703. The van der Waals surface area contributed by atoms with Gasteiger partial charge in [0.2, 0.25) is 5.91 Å². The van der Waals surface area contributed by atoms with Crippen molar-refractivity contribution >= 4 is 17.5 Å². The van der Waals surface area contributed by atoms with E-state index in [4.69, 9.17) is 17.3 Å². The van der Waals surface area contributed by atoms with Crippen molar-refractivity contribution in [3.05, 3.63) is 106 Å². The number of carbonyl (C=O) groups is 1. The van der Waals surface area contributed by atoms with Crippen molar-refractivity contribution in [1.29, 1.82) is 0 Å². The molecule has 3 rings (SSSR count). The molecule has 0 bridgehead atoms. The Kier molecular flexibility index (Phi) is 7.02. The molecule has 0 heterocycles. The smallest absolute Gasteiger partial charge is 0.239 e. The van der Waals surface area contributed by atoms with Crippen LogP contribution < -0.4 is 11.1 Å². The topological polar surface area (TPSA) is 55.1 Å². The Labute approximate surface area is 175 Å². The Morgan fingerprint density at radius 3 is 2.34 bits per heavy atom. The first kappa shape index (κ1) is 21.0. The Hall–Kier alpha value is -2.69. The highest BCUT2D eigenvalue weighted by Gasteiger charge is 2.23. The second-order valence-electron chi connectivity index (χ2n) is 7.14. The molecule has 3 nitrogen and oxygen atoms in total. The number of nitrogens with two attached hydrogens (primary N) is 1. The minimum absolute atomic E-state index is 0.178. The first-order valence-corrected chi connectivity index (χ1v) is 9.92. The molecule has 3 N–H and O–H groups in total. The summed E-state index contributed by atoms with van der Waals surface area (Å²) >= 11 is 5.97. The van der Waals surface area contributed by atoms with Crippen molar-refractivity contribution in [2.24, 2.45) is 5.73 Å². The largest absolute Gasteiger partial charge is 0.368 e. The number of aryl methyl sites for hydroxylation is 2. The second kappa shape index (κ2) is 9.68. The zero-order chi connectivity index (χ0) is 20.8. The van der Waals surface area contributed by atoms with Gasteiger partial charge in [-0.25, -0.2) is 4.39 Å². The van der Waals surface area contributed by atoms with Crippen LogP contribution in [0, 0.1) is 12.7 Å². The van der Waals surface area contributed by atoms with E-state index < -0.39 is 11.9 Å². The third-order valence-corrected chi connectivity index (χ3v) is 5.26. The Balaban J connectivity index is 1.87. The molecule has 0 radical (unpaired) electrons. The van der Waals surface area contributed by atoms with Crippen LogP contribution in [0.25, 0.3) is 0 Å². The molecular weight excluding hydrogens is 387 g/mol. The highest BCUT2D eigenvalue weighted by molar-refractivity contribution is 6.30. The van der Waals surface area contributed by atoms with Crippen LogP contribution in [0.5, 0.6) is 0 Å². The van der Waals surface area contributed by atoms with Gasteiger partial charge in [0.05, 0.1) is 0 Å². The fourth-order valence-corrected chi connectivity index (χ4v) is 3.51. The van der Waals surface area contributed by atoms with Gasteiger partial charge in [0, 0.05) is 11.1 Å². The maximum absolute atomic E-state index is 13.8. The summed E-state index contributed by atoms with van der Waals surface area (Å²) < 4.78 is 13.8. The van der Waals surface area contributed by atoms with Gasteiger partial charge < -0.3 is 5.73 Å². The summed E-state index contributed by atoms with van der Waals surface area (Å²) in [4.78, 5) is 12.2. The van der Waals surface area contributed by atoms with Gasteiger partial charge in [0.15, 0.2) is 0 Å². The molecular formula is C24H24ClFN2O. The number of rotatable bonds is 8. The maximum atomic E-state index is 13.8. The van der Waals surface area contributed by atoms with Crippen LogP contribution in [0.1, 0.15) is 40.8 Å². The first-order valence-electron chi connectivity index (χ1n) is 9.55. The highest BCUT2D eigenvalue weighted by atomic mass is 35.5. The van der Waals surface area contributed by atoms with Crippen LogP contribution in [0.4, 0.5) is 4.39 Å². The average molecular weight is 411 g/mol. The van der Waals surface area contributed by atoms with E-state index in [-0.39, 0.29) is 11.9 Å². The van der Waals surface area contributed by atoms with E-state index in [0.29, 0.717) is 17.0 Å². The number of carbonyl (C=O) groups excluding carboxylic acids is 1. The van der Waals surface area contributed by atoms with Crippen molar-refractivity contribution in [2.75, 3.05) is 0 Å². The van der Waals surface area contributed by atoms with Gasteiger partial charge in [-0.3, -0.25) is 10.1 Å². The van der Waals surface area contributed by atoms with E-state index in [1.807, 2.05) is 60.7 Å². The predicted octanol–water partition coefficient (Wildman–Crippen LogP) is 5.28. The molecule has 0 aliphatic heterocycles. The lowest BCUT2D eigenvalue weighted by atomic mass is 9.95. The van der Waals surface area contributed by atoms with E-state index >= 15 is 0 Å². The molecule has 3 aromatic carbocycles. The molecule has 0 saturated heterocycles. The minimum atomic E-state index is -0.642. The number of hydrogen-bond acceptors (Lipinski definition) is 2. The molecule has 0 aliphatic carbocycles. The van der Waals surface area contributed by atoms with Gasteiger partial charge in [0.1, 0.15) is 11.9 Å². The van der Waals surface area contributed by atoms with E-state index in [0.717, 1.165) is 23.1 Å². The molecule has 1 amide bonds. The summed E-state index contributed by atoms with van der Waals surface area (Å²) in [6, 6.07) is 21.3. The molecule has 5 heteroatoms. The van der Waals surface area contributed by atoms with Crippen LogP contribution in [-0.2, 0) is 11.2 Å². The molecule has 0 spiro atoms. The Morgan fingerprint density at radius 2 is 1.72 bits per heavy atom. The average Bonchev–Trinajstić information content (AvgIpc) is 2.72. The van der Waals surface area contributed by atoms with Crippen molar-refractivity contribution in [2.45, 2.75) is 31.8 Å². The van der Waals surface area contributed by atoms with Crippen molar-refractivity contribution in [1.82, 2.24) is 5.32 Å². The zero-order valence-electron chi connectivity index (χ0n) is 16.2. The molecule has 2 atom stereocenters. The molecule has 0 saturated carbocycles. The molecule has 29 heavy (non-hydrogen) atoms. The quantitative estimate of drug-likeness (QED) is 0.531. The van der Waals surface area contributed by atoms with Crippen LogP contribution in [0.2, 0.25) is 5.02 Å². The molecule has 3 aromatic rings. The van der Waals surface area contributed by atoms with E-state index in [1.165, 1.54) is 6.07 Å². The SMILES string of the molecule is Cc1cc([C@@H](CCc2ccc(Cl)cc2)N[C@@H](C(N)=O)c2ccccc2)ccc1F. The maximum Gasteiger partial charge on any atom is 0.239 e. The lowest BCUT2D eigenvalue weighted by Gasteiger charge is -2.25. The summed E-state index contributed by atoms with van der Waals surface area (Å²) in [5.41, 5.74) is 9.12. The van der Waals surface area contributed by atoms with Crippen LogP contribution in [-0.4, -0.2) is 5.91 Å². The number of halogens is 2. The fourth-order valence-electron chi connectivity index (χ4n) is 3.38. The first-order chi connectivity index (χ1) is 13.9. The number of primary amides is 1. The minimum Gasteiger partial charge on any atom is -0.368 e. The lowest BCUT2D eigenvalue weighted by Crippen LogP contribution is -2.36. The monoisotopic (exact) mass is 410 g/mol. The molecule has 0 unspecified atom stereocenters.